The van der Waals surface area contributed by atoms with E-state index in [9.17, 15) is 0 Å². The maximum absolute atomic E-state index is 5.82. The maximum atomic E-state index is 5.82. The molecule has 0 aromatic carbocycles. The minimum atomic E-state index is 0.483. The second-order valence-corrected chi connectivity index (χ2v) is 3.71. The van der Waals surface area contributed by atoms with Gasteiger partial charge in [-0.05, 0) is 19.9 Å². The Balaban J connectivity index is 2.52. The molecule has 2 aromatic heterocycles. The lowest BCUT2D eigenvalue weighted by Crippen LogP contribution is -2.03. The van der Waals surface area contributed by atoms with Crippen molar-refractivity contribution in [2.45, 2.75) is 13.8 Å². The van der Waals surface area contributed by atoms with Gasteiger partial charge >= 0.3 is 0 Å². The summed E-state index contributed by atoms with van der Waals surface area (Å²) in [6.07, 6.45) is 0. The summed E-state index contributed by atoms with van der Waals surface area (Å²) in [6, 6.07) is 5.44. The molecular weight excluding hydrogens is 216 g/mol. The molecule has 0 aliphatic rings. The van der Waals surface area contributed by atoms with Crippen molar-refractivity contribution in [1.29, 1.82) is 0 Å². The lowest BCUT2D eigenvalue weighted by atomic mass is 10.2. The van der Waals surface area contributed by atoms with Crippen LogP contribution >= 0.6 is 0 Å². The Kier molecular flexibility index (Phi) is 2.91. The summed E-state index contributed by atoms with van der Waals surface area (Å²) in [6.45, 7) is 3.80. The van der Waals surface area contributed by atoms with Crippen molar-refractivity contribution in [2.75, 3.05) is 12.8 Å². The molecule has 0 unspecified atom stereocenters. The molecular formula is C12H14N4O. The van der Waals surface area contributed by atoms with Gasteiger partial charge in [-0.25, -0.2) is 15.0 Å². The van der Waals surface area contributed by atoms with Gasteiger partial charge in [0.05, 0.1) is 7.11 Å². The number of pyridine rings is 1. The molecule has 0 saturated heterocycles. The van der Waals surface area contributed by atoms with Crippen LogP contribution in [0.1, 0.15) is 11.3 Å². The summed E-state index contributed by atoms with van der Waals surface area (Å²) in [5.74, 6) is 1.53. The topological polar surface area (TPSA) is 73.9 Å². The van der Waals surface area contributed by atoms with Gasteiger partial charge in [0.1, 0.15) is 11.5 Å². The van der Waals surface area contributed by atoms with Gasteiger partial charge in [0.25, 0.3) is 0 Å². The fraction of sp³-hybridized carbons (Fsp3) is 0.250. The zero-order chi connectivity index (χ0) is 12.4. The number of hydrogen-bond donors (Lipinski definition) is 1. The summed E-state index contributed by atoms with van der Waals surface area (Å²) in [5.41, 5.74) is 8.23. The van der Waals surface area contributed by atoms with E-state index in [4.69, 9.17) is 10.5 Å². The molecule has 0 atom stereocenters. The average molecular weight is 230 g/mol. The number of nitrogen functional groups attached to an aromatic ring is 1. The zero-order valence-corrected chi connectivity index (χ0v) is 10.1. The highest BCUT2D eigenvalue weighted by Crippen LogP contribution is 2.19. The van der Waals surface area contributed by atoms with Gasteiger partial charge in [-0.15, -0.1) is 0 Å². The first-order valence-electron chi connectivity index (χ1n) is 5.24. The lowest BCUT2D eigenvalue weighted by molar-refractivity contribution is 0.398. The first kappa shape index (κ1) is 11.3. The van der Waals surface area contributed by atoms with E-state index in [1.807, 2.05) is 26.0 Å². The molecule has 0 aliphatic carbocycles. The van der Waals surface area contributed by atoms with E-state index in [1.165, 1.54) is 0 Å². The standard InChI is InChI=1S/C12H14N4O/c1-7-8(2)14-12(16-11(7)13)9-5-4-6-10(15-9)17-3/h4-6H,1-3H3,(H2,13,14,16). The average Bonchev–Trinajstić information content (AvgIpc) is 2.35. The van der Waals surface area contributed by atoms with Gasteiger partial charge in [-0.1, -0.05) is 6.07 Å². The number of aromatic nitrogens is 3. The second-order valence-electron chi connectivity index (χ2n) is 3.71. The third-order valence-corrected chi connectivity index (χ3v) is 2.59. The summed E-state index contributed by atoms with van der Waals surface area (Å²) >= 11 is 0. The van der Waals surface area contributed by atoms with Crippen LogP contribution in [0.15, 0.2) is 18.2 Å². The van der Waals surface area contributed by atoms with E-state index in [0.717, 1.165) is 11.3 Å². The molecule has 0 amide bonds. The SMILES string of the molecule is COc1cccc(-c2nc(C)c(C)c(N)n2)n1. The predicted molar refractivity (Wildman–Crippen MR) is 65.7 cm³/mol. The Bertz CT molecular complexity index is 531. The quantitative estimate of drug-likeness (QED) is 0.850. The van der Waals surface area contributed by atoms with Crippen LogP contribution in [0.2, 0.25) is 0 Å². The maximum Gasteiger partial charge on any atom is 0.213 e. The van der Waals surface area contributed by atoms with Crippen molar-refractivity contribution in [3.63, 3.8) is 0 Å². The van der Waals surface area contributed by atoms with Gasteiger partial charge in [0.15, 0.2) is 5.82 Å². The Morgan fingerprint density at radius 2 is 1.88 bits per heavy atom. The summed E-state index contributed by atoms with van der Waals surface area (Å²) in [7, 11) is 1.57. The van der Waals surface area contributed by atoms with Gasteiger partial charge in [0, 0.05) is 17.3 Å². The number of anilines is 1. The van der Waals surface area contributed by atoms with Crippen molar-refractivity contribution in [1.82, 2.24) is 15.0 Å². The van der Waals surface area contributed by atoms with Crippen molar-refractivity contribution in [3.05, 3.63) is 29.5 Å². The summed E-state index contributed by atoms with van der Waals surface area (Å²) in [5, 5.41) is 0. The van der Waals surface area contributed by atoms with Crippen molar-refractivity contribution in [2.24, 2.45) is 0 Å². The van der Waals surface area contributed by atoms with Crippen LogP contribution in [0.25, 0.3) is 11.5 Å². The highest BCUT2D eigenvalue weighted by Gasteiger charge is 2.09. The largest absolute Gasteiger partial charge is 0.481 e. The Morgan fingerprint density at radius 1 is 1.12 bits per heavy atom. The van der Waals surface area contributed by atoms with E-state index in [1.54, 1.807) is 13.2 Å². The molecule has 5 heteroatoms. The Hall–Kier alpha value is -2.17. The van der Waals surface area contributed by atoms with Crippen molar-refractivity contribution >= 4 is 5.82 Å². The fourth-order valence-electron chi connectivity index (χ4n) is 1.42. The van der Waals surface area contributed by atoms with Crippen molar-refractivity contribution < 1.29 is 4.74 Å². The molecule has 2 N–H and O–H groups in total. The first-order valence-corrected chi connectivity index (χ1v) is 5.24. The Morgan fingerprint density at radius 3 is 2.53 bits per heavy atom. The summed E-state index contributed by atoms with van der Waals surface area (Å²) in [4.78, 5) is 12.9. The molecule has 0 spiro atoms. The highest BCUT2D eigenvalue weighted by molar-refractivity contribution is 5.55. The van der Waals surface area contributed by atoms with Gasteiger partial charge in [-0.3, -0.25) is 0 Å². The van der Waals surface area contributed by atoms with E-state index >= 15 is 0 Å². The molecule has 0 radical (unpaired) electrons. The number of nitrogens with zero attached hydrogens (tertiary/aromatic N) is 3. The summed E-state index contributed by atoms with van der Waals surface area (Å²) < 4.78 is 5.06. The molecule has 0 saturated carbocycles. The molecule has 0 fully saturated rings. The normalized spacial score (nSPS) is 10.3. The first-order chi connectivity index (χ1) is 8.11. The van der Waals surface area contributed by atoms with Crippen LogP contribution in [0.3, 0.4) is 0 Å². The highest BCUT2D eigenvalue weighted by atomic mass is 16.5. The number of rotatable bonds is 2. The van der Waals surface area contributed by atoms with Crippen LogP contribution in [-0.4, -0.2) is 22.1 Å². The number of methoxy groups -OCH3 is 1. The lowest BCUT2D eigenvalue weighted by Gasteiger charge is -2.07. The molecule has 88 valence electrons. The second kappa shape index (κ2) is 4.37. The monoisotopic (exact) mass is 230 g/mol. The van der Waals surface area contributed by atoms with Gasteiger partial charge in [-0.2, -0.15) is 0 Å². The van der Waals surface area contributed by atoms with E-state index in [2.05, 4.69) is 15.0 Å². The van der Waals surface area contributed by atoms with Crippen LogP contribution in [0.4, 0.5) is 5.82 Å². The third-order valence-electron chi connectivity index (χ3n) is 2.59. The van der Waals surface area contributed by atoms with E-state index < -0.39 is 0 Å². The molecule has 5 nitrogen and oxygen atoms in total. The van der Waals surface area contributed by atoms with Gasteiger partial charge in [0.2, 0.25) is 5.88 Å². The fourth-order valence-corrected chi connectivity index (χ4v) is 1.42. The predicted octanol–water partition coefficient (Wildman–Crippen LogP) is 1.75. The molecule has 0 aliphatic heterocycles. The molecule has 17 heavy (non-hydrogen) atoms. The number of aryl methyl sites for hydroxylation is 1. The van der Waals surface area contributed by atoms with E-state index in [0.29, 0.717) is 23.2 Å². The minimum Gasteiger partial charge on any atom is -0.481 e. The van der Waals surface area contributed by atoms with Crippen molar-refractivity contribution in [3.8, 4) is 17.4 Å². The number of hydrogen-bond acceptors (Lipinski definition) is 5. The molecule has 0 bridgehead atoms. The zero-order valence-electron chi connectivity index (χ0n) is 10.1. The number of ether oxygens (including phenoxy) is 1. The molecule has 2 heterocycles. The molecule has 2 rings (SSSR count). The van der Waals surface area contributed by atoms with Crippen LogP contribution in [-0.2, 0) is 0 Å². The van der Waals surface area contributed by atoms with E-state index in [-0.39, 0.29) is 0 Å². The third kappa shape index (κ3) is 2.18. The smallest absolute Gasteiger partial charge is 0.213 e. The molecule has 2 aromatic rings. The minimum absolute atomic E-state index is 0.483. The Labute approximate surface area is 99.7 Å². The van der Waals surface area contributed by atoms with Crippen LogP contribution in [0, 0.1) is 13.8 Å². The van der Waals surface area contributed by atoms with Gasteiger partial charge < -0.3 is 10.5 Å². The van der Waals surface area contributed by atoms with Crippen LogP contribution in [0.5, 0.6) is 5.88 Å². The van der Waals surface area contributed by atoms with Crippen LogP contribution < -0.4 is 10.5 Å². The number of nitrogens with two attached hydrogens (primary N) is 1.